The van der Waals surface area contributed by atoms with Gasteiger partial charge in [0.05, 0.1) is 26.1 Å². The fourth-order valence-corrected chi connectivity index (χ4v) is 7.24. The van der Waals surface area contributed by atoms with Crippen LogP contribution < -0.4 is 4.74 Å². The minimum atomic E-state index is -1.91. The molecule has 4 aliphatic rings. The fourth-order valence-electron chi connectivity index (χ4n) is 6.27. The maximum absolute atomic E-state index is 13.4. The third kappa shape index (κ3) is 3.29. The van der Waals surface area contributed by atoms with Crippen LogP contribution >= 0.6 is 23.2 Å². The molecule has 6 atom stereocenters. The van der Waals surface area contributed by atoms with Crippen LogP contribution in [0, 0.1) is 23.7 Å². The highest BCUT2D eigenvalue weighted by atomic mass is 35.5. The van der Waals surface area contributed by atoms with Crippen molar-refractivity contribution in [1.29, 1.82) is 0 Å². The van der Waals surface area contributed by atoms with Gasteiger partial charge in [0, 0.05) is 13.0 Å². The quantitative estimate of drug-likeness (QED) is 0.338. The number of hydrogen-bond acceptors (Lipinski definition) is 8. The van der Waals surface area contributed by atoms with Gasteiger partial charge in [0.2, 0.25) is 11.8 Å². The average Bonchev–Trinajstić information content (AvgIpc) is 3.23. The molecule has 1 aromatic carbocycles. The summed E-state index contributed by atoms with van der Waals surface area (Å²) in [7, 11) is 3.78. The molecular formula is C26H24Cl2N2O8. The monoisotopic (exact) mass is 562 g/mol. The molecule has 12 heteroatoms. The summed E-state index contributed by atoms with van der Waals surface area (Å²) in [5.74, 6) is -6.11. The number of imide groups is 4. The summed E-state index contributed by atoms with van der Waals surface area (Å²) in [6.07, 6.45) is 3.92. The van der Waals surface area contributed by atoms with Gasteiger partial charge in [-0.15, -0.1) is 23.2 Å². The highest BCUT2D eigenvalue weighted by molar-refractivity contribution is 6.53. The van der Waals surface area contributed by atoms with E-state index in [4.69, 9.17) is 27.9 Å². The number of aromatic hydroxyl groups is 1. The van der Waals surface area contributed by atoms with Crippen LogP contribution in [0.4, 0.5) is 4.79 Å². The largest absolute Gasteiger partial charge is 0.504 e. The smallest absolute Gasteiger partial charge is 0.423 e. The number of hydrogen-bond donors (Lipinski definition) is 1. The molecule has 200 valence electrons. The van der Waals surface area contributed by atoms with Crippen LogP contribution in [0.1, 0.15) is 18.4 Å². The van der Waals surface area contributed by atoms with Crippen molar-refractivity contribution in [2.45, 2.75) is 22.6 Å². The molecule has 0 spiro atoms. The molecule has 2 aliphatic heterocycles. The molecule has 1 saturated carbocycles. The zero-order valence-corrected chi connectivity index (χ0v) is 22.2. The number of carbonyl (C=O) groups excluding carboxylic acids is 5. The lowest BCUT2D eigenvalue weighted by atomic mass is 9.57. The number of carbonyl (C=O) groups is 5. The van der Waals surface area contributed by atoms with Crippen molar-refractivity contribution in [2.75, 3.05) is 21.3 Å². The first-order valence-electron chi connectivity index (χ1n) is 11.8. The number of allylic oxidation sites excluding steroid dienone is 3. The number of rotatable bonds is 3. The molecule has 0 aromatic heterocycles. The predicted molar refractivity (Wildman–Crippen MR) is 134 cm³/mol. The number of alkyl halides is 2. The van der Waals surface area contributed by atoms with E-state index in [1.165, 1.54) is 20.2 Å². The molecular weight excluding hydrogens is 539 g/mol. The van der Waals surface area contributed by atoms with Crippen LogP contribution in [0.2, 0.25) is 0 Å². The van der Waals surface area contributed by atoms with Crippen LogP contribution in [0.15, 0.2) is 35.9 Å². The zero-order chi connectivity index (χ0) is 27.7. The Labute approximate surface area is 227 Å². The molecule has 10 nitrogen and oxygen atoms in total. The van der Waals surface area contributed by atoms with E-state index in [-0.39, 0.29) is 24.3 Å². The molecule has 5 rings (SSSR count). The molecule has 0 unspecified atom stereocenters. The van der Waals surface area contributed by atoms with E-state index in [2.05, 4.69) is 4.74 Å². The van der Waals surface area contributed by atoms with Gasteiger partial charge in [0.1, 0.15) is 0 Å². The second-order valence-electron chi connectivity index (χ2n) is 9.81. The van der Waals surface area contributed by atoms with Crippen molar-refractivity contribution >= 4 is 59.0 Å². The summed E-state index contributed by atoms with van der Waals surface area (Å²) >= 11 is 14.0. The van der Waals surface area contributed by atoms with Crippen molar-refractivity contribution < 1.29 is 38.6 Å². The Morgan fingerprint density at radius 2 is 1.82 bits per heavy atom. The lowest BCUT2D eigenvalue weighted by Crippen LogP contribution is -2.60. The van der Waals surface area contributed by atoms with E-state index in [9.17, 15) is 29.1 Å². The lowest BCUT2D eigenvalue weighted by Gasteiger charge is -2.49. The number of fused-ring (bicyclic) bond motifs is 4. The SMILES string of the molecule is COC(=O)N1C(=O)[C@H]2[C@H](CC=C3[C@H]2C[C@@]2(Cl)C(=O)N(C)C(=O)[C@@]2(Cl)[C@H]3C=Cc2ccc(O)c(OC)c2)C1=O. The number of amides is 5. The predicted octanol–water partition coefficient (Wildman–Crippen LogP) is 2.70. The summed E-state index contributed by atoms with van der Waals surface area (Å²) in [6.45, 7) is 0. The topological polar surface area (TPSA) is 131 Å². The highest BCUT2D eigenvalue weighted by Gasteiger charge is 2.75. The minimum absolute atomic E-state index is 0.0604. The Balaban J connectivity index is 1.63. The van der Waals surface area contributed by atoms with E-state index < -0.39 is 63.1 Å². The molecule has 0 radical (unpaired) electrons. The van der Waals surface area contributed by atoms with Gasteiger partial charge in [0.25, 0.3) is 11.8 Å². The molecule has 2 aliphatic carbocycles. The second kappa shape index (κ2) is 8.84. The number of phenols is 1. The third-order valence-electron chi connectivity index (χ3n) is 8.11. The fraction of sp³-hybridized carbons (Fsp3) is 0.423. The van der Waals surface area contributed by atoms with E-state index in [1.807, 2.05) is 0 Å². The molecule has 38 heavy (non-hydrogen) atoms. The third-order valence-corrected chi connectivity index (χ3v) is 9.54. The number of likely N-dealkylation sites (tertiary alicyclic amines) is 2. The van der Waals surface area contributed by atoms with Gasteiger partial charge in [-0.05, 0) is 36.5 Å². The van der Waals surface area contributed by atoms with E-state index >= 15 is 0 Å². The molecule has 3 fully saturated rings. The van der Waals surface area contributed by atoms with Crippen LogP contribution in [0.3, 0.4) is 0 Å². The number of phenolic OH excluding ortho intramolecular Hbond substituents is 1. The maximum atomic E-state index is 13.4. The maximum Gasteiger partial charge on any atom is 0.423 e. The Morgan fingerprint density at radius 3 is 2.47 bits per heavy atom. The average molecular weight is 563 g/mol. The lowest BCUT2D eigenvalue weighted by molar-refractivity contribution is -0.139. The minimum Gasteiger partial charge on any atom is -0.504 e. The highest BCUT2D eigenvalue weighted by Crippen LogP contribution is 2.63. The molecule has 0 bridgehead atoms. The van der Waals surface area contributed by atoms with Crippen LogP contribution in [-0.4, -0.2) is 75.6 Å². The van der Waals surface area contributed by atoms with Gasteiger partial charge in [-0.3, -0.25) is 24.1 Å². The van der Waals surface area contributed by atoms with Crippen LogP contribution in [0.25, 0.3) is 6.08 Å². The van der Waals surface area contributed by atoms with Crippen molar-refractivity contribution in [1.82, 2.24) is 9.80 Å². The van der Waals surface area contributed by atoms with Gasteiger partial charge < -0.3 is 14.6 Å². The van der Waals surface area contributed by atoms with E-state index in [0.29, 0.717) is 16.0 Å². The van der Waals surface area contributed by atoms with Crippen molar-refractivity contribution in [2.24, 2.45) is 23.7 Å². The molecule has 5 amide bonds. The van der Waals surface area contributed by atoms with Crippen molar-refractivity contribution in [3.63, 3.8) is 0 Å². The van der Waals surface area contributed by atoms with Gasteiger partial charge in [-0.1, -0.05) is 29.9 Å². The van der Waals surface area contributed by atoms with Gasteiger partial charge >= 0.3 is 6.09 Å². The van der Waals surface area contributed by atoms with Gasteiger partial charge in [0.15, 0.2) is 21.2 Å². The number of benzene rings is 1. The number of ether oxygens (including phenoxy) is 2. The molecule has 2 saturated heterocycles. The van der Waals surface area contributed by atoms with E-state index in [0.717, 1.165) is 12.0 Å². The summed E-state index contributed by atoms with van der Waals surface area (Å²) in [5.41, 5.74) is 1.19. The molecule has 1 N–H and O–H groups in total. The Hall–Kier alpha value is -3.37. The Morgan fingerprint density at radius 1 is 1.11 bits per heavy atom. The van der Waals surface area contributed by atoms with Crippen molar-refractivity contribution in [3.05, 3.63) is 41.5 Å². The first-order chi connectivity index (χ1) is 17.9. The van der Waals surface area contributed by atoms with Crippen molar-refractivity contribution in [3.8, 4) is 11.5 Å². The zero-order valence-electron chi connectivity index (χ0n) is 20.6. The van der Waals surface area contributed by atoms with Crippen LogP contribution in [-0.2, 0) is 23.9 Å². The number of nitrogens with zero attached hydrogens (tertiary/aromatic N) is 2. The first kappa shape index (κ1) is 26.2. The normalized spacial score (nSPS) is 34.3. The summed E-state index contributed by atoms with van der Waals surface area (Å²) in [6, 6.07) is 4.64. The molecule has 2 heterocycles. The Kier molecular flexibility index (Phi) is 6.11. The summed E-state index contributed by atoms with van der Waals surface area (Å²) < 4.78 is 9.80. The Bertz CT molecular complexity index is 1360. The standard InChI is InChI=1S/C26H24Cl2N2O8/c1-29-22(34)25(27)11-15-13(6-7-14-19(15)21(33)30(20(14)32)24(36)38-3)16(26(25,28)23(29)35)8-4-12-5-9-17(31)18(10-12)37-2/h4-6,8-10,14-16,19,31H,7,11H2,1-3H3/t14-,15+,16-,19-,25+,26-/m0/s1. The van der Waals surface area contributed by atoms with Gasteiger partial charge in [-0.2, -0.15) is 4.90 Å². The first-order valence-corrected chi connectivity index (χ1v) is 12.6. The van der Waals surface area contributed by atoms with Crippen LogP contribution in [0.5, 0.6) is 11.5 Å². The second-order valence-corrected chi connectivity index (χ2v) is 11.1. The van der Waals surface area contributed by atoms with E-state index in [1.54, 1.807) is 30.4 Å². The summed E-state index contributed by atoms with van der Waals surface area (Å²) in [4.78, 5) is 62.9. The van der Waals surface area contributed by atoms with Gasteiger partial charge in [-0.25, -0.2) is 4.79 Å². The molecule has 1 aromatic rings. The number of methoxy groups -OCH3 is 2. The number of halogens is 2. The summed E-state index contributed by atoms with van der Waals surface area (Å²) in [5, 5.41) is 9.93.